The predicted octanol–water partition coefficient (Wildman–Crippen LogP) is 0.993. The monoisotopic (exact) mass is 389 g/mol. The summed E-state index contributed by atoms with van der Waals surface area (Å²) in [7, 11) is 0. The van der Waals surface area contributed by atoms with Gasteiger partial charge in [-0.3, -0.25) is 14.4 Å². The molecule has 0 spiro atoms. The van der Waals surface area contributed by atoms with Crippen LogP contribution in [0.3, 0.4) is 0 Å². The van der Waals surface area contributed by atoms with Gasteiger partial charge in [-0.05, 0) is 37.6 Å². The number of carbonyl (C=O) groups excluding carboxylic acids is 3. The molecule has 1 aromatic carbocycles. The maximum atomic E-state index is 12.7. The molecule has 0 bridgehead atoms. The molecule has 0 saturated carbocycles. The number of piperidine rings is 1. The van der Waals surface area contributed by atoms with E-state index in [1.807, 2.05) is 6.92 Å². The van der Waals surface area contributed by atoms with E-state index in [9.17, 15) is 14.4 Å². The van der Waals surface area contributed by atoms with Gasteiger partial charge in [-0.25, -0.2) is 0 Å². The normalized spacial score (nSPS) is 21.6. The molecule has 3 N–H and O–H groups in total. The minimum Gasteiger partial charge on any atom is -0.329 e. The molecule has 154 valence electrons. The molecular weight excluding hydrogens is 356 g/mol. The second-order valence-electron chi connectivity index (χ2n) is 8.00. The van der Waals surface area contributed by atoms with Crippen LogP contribution in [0.15, 0.2) is 24.3 Å². The highest BCUT2D eigenvalue weighted by molar-refractivity contribution is 5.95. The average molecular weight is 390 g/mol. The fourth-order valence-corrected chi connectivity index (χ4v) is 3.98. The smallest absolute Gasteiger partial charge is 0.278 e. The van der Waals surface area contributed by atoms with Crippen LogP contribution in [0.2, 0.25) is 0 Å². The van der Waals surface area contributed by atoms with Gasteiger partial charge in [0.05, 0.1) is 13.1 Å². The number of hydrogen-bond donors (Lipinski definition) is 3. The van der Waals surface area contributed by atoms with Crippen molar-refractivity contribution in [1.82, 2.24) is 4.90 Å². The Hall–Kier alpha value is -2.41. The van der Waals surface area contributed by atoms with E-state index in [-0.39, 0.29) is 24.3 Å². The van der Waals surface area contributed by atoms with Gasteiger partial charge in [0, 0.05) is 36.7 Å². The van der Waals surface area contributed by atoms with Gasteiger partial charge in [-0.1, -0.05) is 13.8 Å². The molecule has 1 unspecified atom stereocenters. The van der Waals surface area contributed by atoms with Crippen LogP contribution >= 0.6 is 0 Å². The van der Waals surface area contributed by atoms with Gasteiger partial charge in [-0.2, -0.15) is 0 Å². The molecule has 0 radical (unpaired) electrons. The lowest BCUT2D eigenvalue weighted by atomic mass is 9.92. The summed E-state index contributed by atoms with van der Waals surface area (Å²) in [4.78, 5) is 39.0. The van der Waals surface area contributed by atoms with E-state index in [1.54, 1.807) is 29.2 Å². The summed E-state index contributed by atoms with van der Waals surface area (Å²) in [6.45, 7) is 10.8. The minimum absolute atomic E-state index is 0.0231. The number of rotatable bonds is 7. The van der Waals surface area contributed by atoms with E-state index in [2.05, 4.69) is 24.5 Å². The Labute approximate surface area is 167 Å². The second kappa shape index (κ2) is 10.2. The van der Waals surface area contributed by atoms with Crippen molar-refractivity contribution in [3.05, 3.63) is 24.3 Å². The lowest BCUT2D eigenvalue weighted by molar-refractivity contribution is -0.904. The Kier molecular flexibility index (Phi) is 7.99. The highest BCUT2D eigenvalue weighted by Crippen LogP contribution is 2.14. The zero-order chi connectivity index (χ0) is 20.7. The number of anilines is 2. The molecule has 1 heterocycles. The summed E-state index contributed by atoms with van der Waals surface area (Å²) in [5.41, 5.74) is 1.30. The first-order valence-electron chi connectivity index (χ1n) is 10.1. The van der Waals surface area contributed by atoms with Crippen LogP contribution in [-0.2, 0) is 14.4 Å². The number of hydrogen-bond acceptors (Lipinski definition) is 3. The Bertz CT molecular complexity index is 679. The molecule has 28 heavy (non-hydrogen) atoms. The Morgan fingerprint density at radius 1 is 1.04 bits per heavy atom. The zero-order valence-electron chi connectivity index (χ0n) is 17.4. The summed E-state index contributed by atoms with van der Waals surface area (Å²) in [5, 5.41) is 5.49. The standard InChI is InChI=1S/C21H32N4O3/c1-5-25(21(28)14-24-11-15(2)10-16(3)12-24)13-20(27)23-19-8-6-18(7-9-19)22-17(4)26/h6-9,15-16H,5,10-14H2,1-4H3,(H,22,26)(H,23,27)/p+1/t15-,16+. The number of likely N-dealkylation sites (N-methyl/N-ethyl adjacent to an activating group) is 1. The molecule has 1 aliphatic heterocycles. The van der Waals surface area contributed by atoms with Gasteiger partial charge < -0.3 is 20.4 Å². The van der Waals surface area contributed by atoms with Gasteiger partial charge in [0.25, 0.3) is 5.91 Å². The summed E-state index contributed by atoms with van der Waals surface area (Å²) >= 11 is 0. The molecule has 0 aliphatic carbocycles. The second-order valence-corrected chi connectivity index (χ2v) is 8.00. The van der Waals surface area contributed by atoms with E-state index < -0.39 is 0 Å². The highest BCUT2D eigenvalue weighted by atomic mass is 16.2. The largest absolute Gasteiger partial charge is 0.329 e. The van der Waals surface area contributed by atoms with Crippen LogP contribution in [0.1, 0.15) is 34.1 Å². The number of amides is 3. The molecule has 7 nitrogen and oxygen atoms in total. The number of likely N-dealkylation sites (tertiary alicyclic amines) is 1. The van der Waals surface area contributed by atoms with Crippen molar-refractivity contribution >= 4 is 29.1 Å². The summed E-state index contributed by atoms with van der Waals surface area (Å²) in [6.07, 6.45) is 1.22. The number of nitrogens with zero attached hydrogens (tertiary/aromatic N) is 1. The lowest BCUT2D eigenvalue weighted by Crippen LogP contribution is -3.15. The van der Waals surface area contributed by atoms with Crippen molar-refractivity contribution in [2.75, 3.05) is 43.4 Å². The van der Waals surface area contributed by atoms with Crippen LogP contribution in [0.4, 0.5) is 11.4 Å². The van der Waals surface area contributed by atoms with E-state index in [1.165, 1.54) is 18.2 Å². The molecule has 3 atom stereocenters. The molecule has 2 rings (SSSR count). The minimum atomic E-state index is -0.224. The van der Waals surface area contributed by atoms with E-state index in [0.717, 1.165) is 13.1 Å². The first-order valence-corrected chi connectivity index (χ1v) is 10.1. The SMILES string of the molecule is CCN(CC(=O)Nc1ccc(NC(C)=O)cc1)C(=O)C[NH+]1C[C@H](C)C[C@H](C)C1. The third-order valence-corrected chi connectivity index (χ3v) is 5.04. The van der Waals surface area contributed by atoms with Crippen molar-refractivity contribution in [3.63, 3.8) is 0 Å². The average Bonchev–Trinajstić information content (AvgIpc) is 2.60. The van der Waals surface area contributed by atoms with Gasteiger partial charge in [0.2, 0.25) is 11.8 Å². The Balaban J connectivity index is 1.86. The maximum Gasteiger partial charge on any atom is 0.278 e. The van der Waals surface area contributed by atoms with Crippen molar-refractivity contribution in [1.29, 1.82) is 0 Å². The summed E-state index contributed by atoms with van der Waals surface area (Å²) < 4.78 is 0. The highest BCUT2D eigenvalue weighted by Gasteiger charge is 2.28. The van der Waals surface area contributed by atoms with E-state index >= 15 is 0 Å². The maximum absolute atomic E-state index is 12.7. The van der Waals surface area contributed by atoms with Gasteiger partial charge >= 0.3 is 0 Å². The van der Waals surface area contributed by atoms with E-state index in [0.29, 0.717) is 36.3 Å². The molecule has 0 aromatic heterocycles. The number of carbonyl (C=O) groups is 3. The number of quaternary nitrogens is 1. The van der Waals surface area contributed by atoms with Gasteiger partial charge in [0.1, 0.15) is 6.54 Å². The molecule has 1 aliphatic rings. The Morgan fingerprint density at radius 3 is 2.07 bits per heavy atom. The molecule has 1 aromatic rings. The first kappa shape index (κ1) is 21.9. The predicted molar refractivity (Wildman–Crippen MR) is 110 cm³/mol. The van der Waals surface area contributed by atoms with Crippen molar-refractivity contribution in [2.24, 2.45) is 11.8 Å². The molecular formula is C21H33N4O3+. The topological polar surface area (TPSA) is 83.0 Å². The van der Waals surface area contributed by atoms with Crippen molar-refractivity contribution < 1.29 is 19.3 Å². The van der Waals surface area contributed by atoms with Gasteiger partial charge in [0.15, 0.2) is 6.54 Å². The number of benzene rings is 1. The van der Waals surface area contributed by atoms with Crippen LogP contribution in [0.25, 0.3) is 0 Å². The molecule has 3 amide bonds. The molecule has 7 heteroatoms. The van der Waals surface area contributed by atoms with Crippen LogP contribution in [0.5, 0.6) is 0 Å². The van der Waals surface area contributed by atoms with Crippen LogP contribution < -0.4 is 15.5 Å². The quantitative estimate of drug-likeness (QED) is 0.650. The fourth-order valence-electron chi connectivity index (χ4n) is 3.98. The zero-order valence-corrected chi connectivity index (χ0v) is 17.4. The first-order chi connectivity index (χ1) is 13.3. The van der Waals surface area contributed by atoms with E-state index in [4.69, 9.17) is 0 Å². The van der Waals surface area contributed by atoms with Gasteiger partial charge in [-0.15, -0.1) is 0 Å². The summed E-state index contributed by atoms with van der Waals surface area (Å²) in [5.74, 6) is 0.914. The summed E-state index contributed by atoms with van der Waals surface area (Å²) in [6, 6.07) is 6.90. The van der Waals surface area contributed by atoms with Crippen LogP contribution in [-0.4, -0.2) is 55.3 Å². The van der Waals surface area contributed by atoms with Crippen molar-refractivity contribution in [3.8, 4) is 0 Å². The number of nitrogens with one attached hydrogen (secondary N) is 3. The van der Waals surface area contributed by atoms with Crippen LogP contribution in [0, 0.1) is 11.8 Å². The fraction of sp³-hybridized carbons (Fsp3) is 0.571. The lowest BCUT2D eigenvalue weighted by Gasteiger charge is -2.32. The van der Waals surface area contributed by atoms with Crippen molar-refractivity contribution in [2.45, 2.75) is 34.1 Å². The molecule has 1 saturated heterocycles. The third kappa shape index (κ3) is 6.96. The third-order valence-electron chi connectivity index (χ3n) is 5.04. The Morgan fingerprint density at radius 2 is 1.57 bits per heavy atom. The molecule has 1 fully saturated rings.